The molecule has 0 aliphatic heterocycles. The number of aromatic nitrogens is 2. The van der Waals surface area contributed by atoms with E-state index in [4.69, 9.17) is 4.74 Å². The molecule has 0 atom stereocenters. The van der Waals surface area contributed by atoms with Crippen molar-refractivity contribution in [2.75, 3.05) is 0 Å². The second kappa shape index (κ2) is 7.57. The van der Waals surface area contributed by atoms with Crippen LogP contribution in [0.4, 0.5) is 0 Å². The van der Waals surface area contributed by atoms with Crippen LogP contribution in [-0.4, -0.2) is 15.9 Å². The molecule has 25 heavy (non-hydrogen) atoms. The second-order valence-corrected chi connectivity index (χ2v) is 7.16. The molecule has 0 N–H and O–H groups in total. The van der Waals surface area contributed by atoms with Gasteiger partial charge in [-0.1, -0.05) is 32.0 Å². The molecular weight excluding hydrogens is 332 g/mol. The number of rotatable bonds is 5. The van der Waals surface area contributed by atoms with E-state index in [2.05, 4.69) is 23.8 Å². The van der Waals surface area contributed by atoms with Crippen LogP contribution in [0.3, 0.4) is 0 Å². The lowest BCUT2D eigenvalue weighted by atomic mass is 10.1. The molecule has 0 radical (unpaired) electrons. The zero-order valence-corrected chi connectivity index (χ0v) is 15.3. The van der Waals surface area contributed by atoms with Gasteiger partial charge in [0.25, 0.3) is 0 Å². The van der Waals surface area contributed by atoms with Gasteiger partial charge in [-0.05, 0) is 42.2 Å². The molecule has 2 heterocycles. The summed E-state index contributed by atoms with van der Waals surface area (Å²) >= 11 is 1.50. The molecule has 3 aromatic rings. The summed E-state index contributed by atoms with van der Waals surface area (Å²) < 4.78 is 5.50. The van der Waals surface area contributed by atoms with E-state index in [1.807, 2.05) is 43.5 Å². The largest absolute Gasteiger partial charge is 0.403 e. The highest BCUT2D eigenvalue weighted by molar-refractivity contribution is 7.10. The quantitative estimate of drug-likeness (QED) is 0.620. The van der Waals surface area contributed by atoms with Crippen molar-refractivity contribution < 1.29 is 9.53 Å². The van der Waals surface area contributed by atoms with E-state index in [-0.39, 0.29) is 11.9 Å². The molecule has 2 aromatic heterocycles. The summed E-state index contributed by atoms with van der Waals surface area (Å²) in [6, 6.07) is 11.5. The normalized spacial score (nSPS) is 10.9. The van der Waals surface area contributed by atoms with E-state index in [1.165, 1.54) is 11.3 Å². The predicted octanol–water partition coefficient (Wildman–Crippen LogP) is 4.78. The maximum absolute atomic E-state index is 12.5. The minimum atomic E-state index is -0.383. The molecule has 0 saturated heterocycles. The van der Waals surface area contributed by atoms with Crippen LogP contribution >= 0.6 is 11.3 Å². The maximum Gasteiger partial charge on any atom is 0.344 e. The van der Waals surface area contributed by atoms with Gasteiger partial charge in [-0.15, -0.1) is 11.3 Å². The van der Waals surface area contributed by atoms with E-state index in [9.17, 15) is 4.79 Å². The van der Waals surface area contributed by atoms with Crippen LogP contribution < -0.4 is 4.74 Å². The Bertz CT molecular complexity index is 869. The minimum absolute atomic E-state index is 0.272. The van der Waals surface area contributed by atoms with Crippen LogP contribution in [0.1, 0.15) is 51.8 Å². The summed E-state index contributed by atoms with van der Waals surface area (Å²) in [6.45, 7) is 6.12. The summed E-state index contributed by atoms with van der Waals surface area (Å²) in [5.74, 6) is 0.302. The van der Waals surface area contributed by atoms with Crippen molar-refractivity contribution in [3.8, 4) is 5.88 Å². The molecule has 128 valence electrons. The number of benzene rings is 1. The first-order valence-corrected chi connectivity index (χ1v) is 9.07. The molecule has 0 amide bonds. The first kappa shape index (κ1) is 17.3. The lowest BCUT2D eigenvalue weighted by Crippen LogP contribution is -2.10. The Hall–Kier alpha value is -2.53. The molecule has 1 aromatic carbocycles. The number of hydrogen-bond acceptors (Lipinski definition) is 5. The lowest BCUT2D eigenvalue weighted by molar-refractivity contribution is 0.0726. The zero-order chi connectivity index (χ0) is 17.8. The standard InChI is InChI=1S/C20H20N2O2S/c1-13(2)18-19(22-12-25-18)24-20(23)16-6-4-5-15(9-16)10-17-8-7-14(3)11-21-17/h4-9,11-13H,10H2,1-3H3. The third-order valence-electron chi connectivity index (χ3n) is 3.79. The van der Waals surface area contributed by atoms with E-state index in [1.54, 1.807) is 11.6 Å². The minimum Gasteiger partial charge on any atom is -0.403 e. The molecule has 0 spiro atoms. The van der Waals surface area contributed by atoms with Gasteiger partial charge in [-0.3, -0.25) is 4.98 Å². The summed E-state index contributed by atoms with van der Waals surface area (Å²) in [4.78, 5) is 22.0. The zero-order valence-electron chi connectivity index (χ0n) is 14.5. The third kappa shape index (κ3) is 4.31. The first-order valence-electron chi connectivity index (χ1n) is 8.19. The summed E-state index contributed by atoms with van der Waals surface area (Å²) in [6.07, 6.45) is 2.53. The van der Waals surface area contributed by atoms with E-state index in [0.717, 1.165) is 21.7 Å². The Labute approximate surface area is 151 Å². The number of esters is 1. The highest BCUT2D eigenvalue weighted by atomic mass is 32.1. The average molecular weight is 352 g/mol. The summed E-state index contributed by atoms with van der Waals surface area (Å²) in [7, 11) is 0. The number of carbonyl (C=O) groups excluding carboxylic acids is 1. The van der Waals surface area contributed by atoms with Gasteiger partial charge in [0.1, 0.15) is 0 Å². The van der Waals surface area contributed by atoms with Gasteiger partial charge in [-0.2, -0.15) is 0 Å². The van der Waals surface area contributed by atoms with Crippen LogP contribution in [0.25, 0.3) is 0 Å². The van der Waals surface area contributed by atoms with Crippen LogP contribution in [-0.2, 0) is 6.42 Å². The smallest absolute Gasteiger partial charge is 0.344 e. The van der Waals surface area contributed by atoms with Gasteiger partial charge >= 0.3 is 5.97 Å². The van der Waals surface area contributed by atoms with Crippen molar-refractivity contribution in [1.29, 1.82) is 0 Å². The van der Waals surface area contributed by atoms with Gasteiger partial charge in [0.05, 0.1) is 16.0 Å². The van der Waals surface area contributed by atoms with Crippen LogP contribution in [0.2, 0.25) is 0 Å². The average Bonchev–Trinajstić information content (AvgIpc) is 3.05. The van der Waals surface area contributed by atoms with E-state index < -0.39 is 0 Å². The number of carbonyl (C=O) groups is 1. The summed E-state index contributed by atoms with van der Waals surface area (Å²) in [5.41, 5.74) is 5.35. The number of hydrogen-bond donors (Lipinski definition) is 0. The number of aryl methyl sites for hydroxylation is 1. The monoisotopic (exact) mass is 352 g/mol. The highest BCUT2D eigenvalue weighted by Crippen LogP contribution is 2.29. The van der Waals surface area contributed by atoms with Gasteiger partial charge in [0.15, 0.2) is 0 Å². The van der Waals surface area contributed by atoms with E-state index in [0.29, 0.717) is 17.9 Å². The molecule has 0 bridgehead atoms. The summed E-state index contributed by atoms with van der Waals surface area (Å²) in [5, 5.41) is 0. The fraction of sp³-hybridized carbons (Fsp3) is 0.250. The van der Waals surface area contributed by atoms with Crippen LogP contribution in [0.5, 0.6) is 5.88 Å². The Kier molecular flexibility index (Phi) is 5.24. The van der Waals surface area contributed by atoms with Crippen molar-refractivity contribution in [1.82, 2.24) is 9.97 Å². The Morgan fingerprint density at radius 1 is 1.20 bits per heavy atom. The SMILES string of the molecule is Cc1ccc(Cc2cccc(C(=O)Oc3ncsc3C(C)C)c2)nc1. The molecule has 0 fully saturated rings. The van der Waals surface area contributed by atoms with E-state index >= 15 is 0 Å². The Morgan fingerprint density at radius 3 is 2.76 bits per heavy atom. The molecular formula is C20H20N2O2S. The Morgan fingerprint density at radius 2 is 2.04 bits per heavy atom. The second-order valence-electron chi connectivity index (χ2n) is 6.27. The number of ether oxygens (including phenoxy) is 1. The fourth-order valence-corrected chi connectivity index (χ4v) is 3.20. The van der Waals surface area contributed by atoms with Gasteiger partial charge in [0.2, 0.25) is 5.88 Å². The fourth-order valence-electron chi connectivity index (χ4n) is 2.47. The molecule has 0 unspecified atom stereocenters. The van der Waals surface area contributed by atoms with Crippen LogP contribution in [0, 0.1) is 6.92 Å². The van der Waals surface area contributed by atoms with Gasteiger partial charge < -0.3 is 4.74 Å². The van der Waals surface area contributed by atoms with Crippen LogP contribution in [0.15, 0.2) is 48.1 Å². The molecule has 4 nitrogen and oxygen atoms in total. The molecule has 5 heteroatoms. The first-order chi connectivity index (χ1) is 12.0. The topological polar surface area (TPSA) is 52.1 Å². The number of pyridine rings is 1. The third-order valence-corrected chi connectivity index (χ3v) is 4.91. The molecule has 0 saturated carbocycles. The predicted molar refractivity (Wildman–Crippen MR) is 99.4 cm³/mol. The van der Waals surface area contributed by atoms with Crippen molar-refractivity contribution >= 4 is 17.3 Å². The Balaban J connectivity index is 1.75. The molecule has 0 aliphatic rings. The van der Waals surface area contributed by atoms with Crippen molar-refractivity contribution in [3.05, 3.63) is 75.4 Å². The molecule has 3 rings (SSSR count). The number of thiazole rings is 1. The van der Waals surface area contributed by atoms with Gasteiger partial charge in [0, 0.05) is 18.3 Å². The van der Waals surface area contributed by atoms with Crippen molar-refractivity contribution in [2.45, 2.75) is 33.1 Å². The molecule has 0 aliphatic carbocycles. The number of nitrogens with zero attached hydrogens (tertiary/aromatic N) is 2. The van der Waals surface area contributed by atoms with Crippen molar-refractivity contribution in [2.24, 2.45) is 0 Å². The lowest BCUT2D eigenvalue weighted by Gasteiger charge is -2.07. The van der Waals surface area contributed by atoms with Crippen molar-refractivity contribution in [3.63, 3.8) is 0 Å². The highest BCUT2D eigenvalue weighted by Gasteiger charge is 2.16. The maximum atomic E-state index is 12.5. The van der Waals surface area contributed by atoms with Gasteiger partial charge in [-0.25, -0.2) is 9.78 Å².